The highest BCUT2D eigenvalue weighted by atomic mass is 32.2. The van der Waals surface area contributed by atoms with Gasteiger partial charge in [0.05, 0.1) is 11.4 Å². The predicted octanol–water partition coefficient (Wildman–Crippen LogP) is 7.97. The number of aryl methyl sites for hydroxylation is 2. The first kappa shape index (κ1) is 28.6. The number of hydrogen-bond donors (Lipinski definition) is 1. The summed E-state index contributed by atoms with van der Waals surface area (Å²) in [6.07, 6.45) is 14.4. The summed E-state index contributed by atoms with van der Waals surface area (Å²) in [5.74, 6) is -0.791. The first-order valence-corrected chi connectivity index (χ1v) is 16.5. The molecule has 0 radical (unpaired) electrons. The van der Waals surface area contributed by atoms with Crippen molar-refractivity contribution in [1.82, 2.24) is 9.97 Å². The average molecular weight is 599 g/mol. The van der Waals surface area contributed by atoms with Crippen LogP contribution in [0.15, 0.2) is 64.8 Å². The molecule has 3 amide bonds. The van der Waals surface area contributed by atoms with Crippen LogP contribution in [0.5, 0.6) is 0 Å². The number of nitrogens with zero attached hydrogens (tertiary/aromatic N) is 3. The van der Waals surface area contributed by atoms with Crippen LogP contribution < -0.4 is 10.2 Å². The second-order valence-electron chi connectivity index (χ2n) is 10.9. The van der Waals surface area contributed by atoms with Crippen molar-refractivity contribution in [3.63, 3.8) is 0 Å². The highest BCUT2D eigenvalue weighted by Crippen LogP contribution is 2.41. The van der Waals surface area contributed by atoms with Gasteiger partial charge in [-0.1, -0.05) is 68.5 Å². The molecule has 2 aromatic heterocycles. The molecule has 42 heavy (non-hydrogen) atoms. The molecule has 9 heteroatoms. The zero-order chi connectivity index (χ0) is 28.9. The number of aromatic nitrogens is 2. The third-order valence-electron chi connectivity index (χ3n) is 7.98. The van der Waals surface area contributed by atoms with Crippen LogP contribution in [0.3, 0.4) is 0 Å². The number of anilines is 2. The van der Waals surface area contributed by atoms with Gasteiger partial charge in [-0.3, -0.25) is 19.3 Å². The molecule has 1 N–H and O–H groups in total. The van der Waals surface area contributed by atoms with Gasteiger partial charge in [0.15, 0.2) is 0 Å². The Morgan fingerprint density at radius 3 is 2.31 bits per heavy atom. The fraction of sp³-hybridized carbons (Fsp3) is 0.364. The maximum Gasteiger partial charge on any atom is 0.255 e. The minimum Gasteiger partial charge on any atom is -0.321 e. The molecule has 2 aliphatic rings. The number of fused-ring (bicyclic) bond motifs is 3. The maximum absolute atomic E-state index is 13.4. The van der Waals surface area contributed by atoms with Gasteiger partial charge in [-0.25, -0.2) is 9.97 Å². The Morgan fingerprint density at radius 1 is 0.810 bits per heavy atom. The number of benzene rings is 2. The van der Waals surface area contributed by atoms with Crippen LogP contribution in [0.1, 0.15) is 85.0 Å². The number of thiophene rings is 1. The SMILES string of the molecule is O=C(Nc1ccccc1Sc1ncnc2sc3c(c12)CCCCCCCCCC3)c1cccc(N2C(=O)CCC2=O)c1. The third kappa shape index (κ3) is 6.27. The van der Waals surface area contributed by atoms with Crippen molar-refractivity contribution in [2.24, 2.45) is 0 Å². The van der Waals surface area contributed by atoms with Crippen LogP contribution >= 0.6 is 23.1 Å². The van der Waals surface area contributed by atoms with E-state index >= 15 is 0 Å². The summed E-state index contributed by atoms with van der Waals surface area (Å²) >= 11 is 3.37. The van der Waals surface area contributed by atoms with E-state index in [1.54, 1.807) is 42.4 Å². The fourth-order valence-electron chi connectivity index (χ4n) is 5.81. The summed E-state index contributed by atoms with van der Waals surface area (Å²) in [5, 5.41) is 5.13. The summed E-state index contributed by atoms with van der Waals surface area (Å²) in [6.45, 7) is 0. The largest absolute Gasteiger partial charge is 0.321 e. The molecule has 6 rings (SSSR count). The molecular weight excluding hydrogens is 565 g/mol. The molecule has 1 aliphatic heterocycles. The van der Waals surface area contributed by atoms with Crippen LogP contribution in [0, 0.1) is 0 Å². The summed E-state index contributed by atoms with van der Waals surface area (Å²) in [4.78, 5) is 51.8. The normalized spacial score (nSPS) is 16.6. The number of carbonyl (C=O) groups is 3. The van der Waals surface area contributed by atoms with Crippen molar-refractivity contribution >= 4 is 62.4 Å². The first-order valence-electron chi connectivity index (χ1n) is 14.9. The van der Waals surface area contributed by atoms with E-state index in [0.29, 0.717) is 16.9 Å². The number of amides is 3. The molecule has 4 aromatic rings. The quantitative estimate of drug-likeness (QED) is 0.185. The Kier molecular flexibility index (Phi) is 8.95. The lowest BCUT2D eigenvalue weighted by Gasteiger charge is -2.15. The molecule has 1 fully saturated rings. The molecule has 0 saturated carbocycles. The second-order valence-corrected chi connectivity index (χ2v) is 13.0. The summed E-state index contributed by atoms with van der Waals surface area (Å²) in [6, 6.07) is 14.4. The van der Waals surface area contributed by atoms with Crippen molar-refractivity contribution in [2.75, 3.05) is 10.2 Å². The lowest BCUT2D eigenvalue weighted by Crippen LogP contribution is -2.28. The molecule has 7 nitrogen and oxygen atoms in total. The minimum absolute atomic E-state index is 0.198. The lowest BCUT2D eigenvalue weighted by atomic mass is 9.99. The Balaban J connectivity index is 1.26. The maximum atomic E-state index is 13.4. The highest BCUT2D eigenvalue weighted by Gasteiger charge is 2.30. The number of nitrogens with one attached hydrogen (secondary N) is 1. The molecule has 216 valence electrons. The first-order chi connectivity index (χ1) is 20.6. The van der Waals surface area contributed by atoms with E-state index in [1.807, 2.05) is 35.6 Å². The molecule has 0 unspecified atom stereocenters. The zero-order valence-corrected chi connectivity index (χ0v) is 25.2. The summed E-state index contributed by atoms with van der Waals surface area (Å²) in [7, 11) is 0. The number of para-hydroxylation sites is 1. The van der Waals surface area contributed by atoms with Gasteiger partial charge in [0, 0.05) is 33.6 Å². The third-order valence-corrected chi connectivity index (χ3v) is 10.3. The zero-order valence-electron chi connectivity index (χ0n) is 23.6. The van der Waals surface area contributed by atoms with Crippen molar-refractivity contribution in [3.05, 3.63) is 70.9 Å². The van der Waals surface area contributed by atoms with E-state index in [-0.39, 0.29) is 30.6 Å². The van der Waals surface area contributed by atoms with Crippen LogP contribution in [0.2, 0.25) is 0 Å². The molecule has 0 bridgehead atoms. The van der Waals surface area contributed by atoms with Crippen LogP contribution in [-0.4, -0.2) is 27.7 Å². The van der Waals surface area contributed by atoms with Gasteiger partial charge in [0.2, 0.25) is 11.8 Å². The van der Waals surface area contributed by atoms with Crippen LogP contribution in [0.4, 0.5) is 11.4 Å². The van der Waals surface area contributed by atoms with E-state index in [9.17, 15) is 14.4 Å². The molecular formula is C33H34N4O3S2. The Labute approximate surface area is 254 Å². The number of carbonyl (C=O) groups excluding carboxylic acids is 3. The molecule has 2 aromatic carbocycles. The standard InChI is InChI=1S/C33H34N4O3S2/c38-28-18-19-29(39)37(28)23-13-11-12-22(20-23)31(40)36-25-15-9-10-17-27(25)42-33-30-24-14-7-5-3-1-2-4-6-8-16-26(24)41-32(30)34-21-35-33/h9-13,15,17,20-21H,1-8,14,16,18-19H2,(H,36,40). The van der Waals surface area contributed by atoms with Gasteiger partial charge >= 0.3 is 0 Å². The fourth-order valence-corrected chi connectivity index (χ4v) is 8.11. The van der Waals surface area contributed by atoms with Gasteiger partial charge in [-0.2, -0.15) is 0 Å². The second kappa shape index (κ2) is 13.2. The molecule has 0 spiro atoms. The molecule has 1 saturated heterocycles. The Morgan fingerprint density at radius 2 is 1.52 bits per heavy atom. The van der Waals surface area contributed by atoms with Crippen molar-refractivity contribution in [2.45, 2.75) is 87.0 Å². The Hall–Kier alpha value is -3.56. The number of hydrogen-bond acceptors (Lipinski definition) is 7. The molecule has 1 aliphatic carbocycles. The van der Waals surface area contributed by atoms with Gasteiger partial charge in [-0.05, 0) is 61.6 Å². The minimum atomic E-state index is -0.309. The predicted molar refractivity (Wildman–Crippen MR) is 168 cm³/mol. The van der Waals surface area contributed by atoms with Crippen molar-refractivity contribution < 1.29 is 14.4 Å². The lowest BCUT2D eigenvalue weighted by molar-refractivity contribution is -0.121. The van der Waals surface area contributed by atoms with Gasteiger partial charge in [0.1, 0.15) is 16.2 Å². The van der Waals surface area contributed by atoms with Gasteiger partial charge in [0.25, 0.3) is 5.91 Å². The smallest absolute Gasteiger partial charge is 0.255 e. The monoisotopic (exact) mass is 598 g/mol. The van der Waals surface area contributed by atoms with Crippen LogP contribution in [0.25, 0.3) is 10.2 Å². The van der Waals surface area contributed by atoms with Gasteiger partial charge in [-0.15, -0.1) is 11.3 Å². The van der Waals surface area contributed by atoms with E-state index in [0.717, 1.165) is 33.0 Å². The van der Waals surface area contributed by atoms with Gasteiger partial charge < -0.3 is 5.32 Å². The van der Waals surface area contributed by atoms with E-state index in [1.165, 1.54) is 66.7 Å². The highest BCUT2D eigenvalue weighted by molar-refractivity contribution is 7.99. The Bertz CT molecular complexity index is 1620. The topological polar surface area (TPSA) is 92.3 Å². The summed E-state index contributed by atoms with van der Waals surface area (Å²) < 4.78 is 0. The van der Waals surface area contributed by atoms with E-state index in [2.05, 4.69) is 10.3 Å². The van der Waals surface area contributed by atoms with Crippen molar-refractivity contribution in [3.8, 4) is 0 Å². The van der Waals surface area contributed by atoms with Crippen LogP contribution in [-0.2, 0) is 22.4 Å². The number of imide groups is 1. The van der Waals surface area contributed by atoms with E-state index in [4.69, 9.17) is 4.98 Å². The number of rotatable bonds is 5. The average Bonchev–Trinajstić information content (AvgIpc) is 3.52. The van der Waals surface area contributed by atoms with E-state index < -0.39 is 0 Å². The van der Waals surface area contributed by atoms with Crippen molar-refractivity contribution in [1.29, 1.82) is 0 Å². The summed E-state index contributed by atoms with van der Waals surface area (Å²) in [5.41, 5.74) is 2.88. The molecule has 3 heterocycles. The molecule has 0 atom stereocenters.